The van der Waals surface area contributed by atoms with Crippen molar-refractivity contribution in [2.45, 2.75) is 56.2 Å². The Morgan fingerprint density at radius 2 is 1.37 bits per heavy atom. The number of furan rings is 1. The summed E-state index contributed by atoms with van der Waals surface area (Å²) in [6, 6.07) is 13.4. The summed E-state index contributed by atoms with van der Waals surface area (Å²) in [5.74, 6) is 3.67. The third kappa shape index (κ3) is 5.38. The predicted molar refractivity (Wildman–Crippen MR) is 129 cm³/mol. The van der Waals surface area contributed by atoms with Gasteiger partial charge < -0.3 is 14.6 Å². The molecule has 3 rings (SSSR count). The van der Waals surface area contributed by atoms with Crippen molar-refractivity contribution in [3.63, 3.8) is 0 Å². The molecule has 0 unspecified atom stereocenters. The van der Waals surface area contributed by atoms with E-state index in [4.69, 9.17) is 4.42 Å². The van der Waals surface area contributed by atoms with Crippen molar-refractivity contribution in [3.8, 4) is 34.1 Å². The standard InChI is InChI=1S/C25H30O3S2/c1-4-6-13-29-22-10-8-9-18(24(22)26)20-11-12-21(28-20)19-15-17(3)16-23(25(19)27)30-14-7-5-2/h8-12,15-16,26-27H,4-7,13-14H2,1-3H3. The average molecular weight is 443 g/mol. The molecule has 1 heterocycles. The topological polar surface area (TPSA) is 53.6 Å². The van der Waals surface area contributed by atoms with Gasteiger partial charge in [-0.05, 0) is 73.2 Å². The lowest BCUT2D eigenvalue weighted by molar-refractivity contribution is 0.459. The summed E-state index contributed by atoms with van der Waals surface area (Å²) in [4.78, 5) is 1.75. The van der Waals surface area contributed by atoms with Crippen LogP contribution in [0, 0.1) is 6.92 Å². The molecule has 1 aromatic heterocycles. The highest BCUT2D eigenvalue weighted by Crippen LogP contribution is 2.43. The van der Waals surface area contributed by atoms with E-state index in [2.05, 4.69) is 13.8 Å². The minimum Gasteiger partial charge on any atom is -0.506 e. The number of rotatable bonds is 10. The van der Waals surface area contributed by atoms with Crippen LogP contribution in [-0.2, 0) is 0 Å². The molecule has 0 saturated carbocycles. The molecule has 0 aliphatic rings. The molecule has 0 radical (unpaired) electrons. The van der Waals surface area contributed by atoms with E-state index < -0.39 is 0 Å². The molecule has 0 aliphatic carbocycles. The quantitative estimate of drug-likeness (QED) is 0.245. The molecule has 2 aromatic carbocycles. The number of aromatic hydroxyl groups is 2. The van der Waals surface area contributed by atoms with Gasteiger partial charge in [-0.15, -0.1) is 23.5 Å². The minimum atomic E-state index is 0.253. The maximum atomic E-state index is 10.8. The highest BCUT2D eigenvalue weighted by molar-refractivity contribution is 7.99. The maximum Gasteiger partial charge on any atom is 0.140 e. The molecule has 30 heavy (non-hydrogen) atoms. The van der Waals surface area contributed by atoms with Crippen LogP contribution in [0.1, 0.15) is 45.1 Å². The zero-order valence-electron chi connectivity index (χ0n) is 17.9. The SMILES string of the molecule is CCCCSc1cccc(-c2ccc(-c3cc(C)cc(SCCCC)c3O)o2)c1O. The number of phenolic OH excluding ortho intramolecular Hbond substituents is 2. The Balaban J connectivity index is 1.89. The van der Waals surface area contributed by atoms with Crippen molar-refractivity contribution >= 4 is 23.5 Å². The van der Waals surface area contributed by atoms with E-state index in [0.29, 0.717) is 22.6 Å². The Bertz CT molecular complexity index is 979. The predicted octanol–water partition coefficient (Wildman–Crippen LogP) is 8.12. The van der Waals surface area contributed by atoms with Crippen molar-refractivity contribution in [1.29, 1.82) is 0 Å². The Labute approximate surface area is 187 Å². The summed E-state index contributed by atoms with van der Waals surface area (Å²) in [6.07, 6.45) is 4.50. The first-order valence-corrected chi connectivity index (χ1v) is 12.5. The summed E-state index contributed by atoms with van der Waals surface area (Å²) in [6.45, 7) is 6.36. The third-order valence-electron chi connectivity index (χ3n) is 4.87. The molecule has 5 heteroatoms. The van der Waals surface area contributed by atoms with E-state index in [1.54, 1.807) is 23.5 Å². The summed E-state index contributed by atoms with van der Waals surface area (Å²) in [5.41, 5.74) is 2.44. The van der Waals surface area contributed by atoms with Gasteiger partial charge >= 0.3 is 0 Å². The molecule has 0 amide bonds. The van der Waals surface area contributed by atoms with Crippen LogP contribution in [0.15, 0.2) is 56.7 Å². The van der Waals surface area contributed by atoms with Crippen LogP contribution < -0.4 is 0 Å². The van der Waals surface area contributed by atoms with Crippen LogP contribution in [0.4, 0.5) is 0 Å². The molecule has 2 N–H and O–H groups in total. The fraction of sp³-hybridized carbons (Fsp3) is 0.360. The number of hydrogen-bond donors (Lipinski definition) is 2. The van der Waals surface area contributed by atoms with Crippen molar-refractivity contribution in [2.75, 3.05) is 11.5 Å². The van der Waals surface area contributed by atoms with E-state index in [1.165, 1.54) is 0 Å². The van der Waals surface area contributed by atoms with Crippen LogP contribution in [0.2, 0.25) is 0 Å². The molecule has 0 atom stereocenters. The summed E-state index contributed by atoms with van der Waals surface area (Å²) in [7, 11) is 0. The van der Waals surface area contributed by atoms with Gasteiger partial charge in [-0.3, -0.25) is 0 Å². The van der Waals surface area contributed by atoms with Gasteiger partial charge in [0, 0.05) is 4.90 Å². The zero-order valence-corrected chi connectivity index (χ0v) is 19.5. The van der Waals surface area contributed by atoms with Crippen LogP contribution in [0.25, 0.3) is 22.6 Å². The third-order valence-corrected chi connectivity index (χ3v) is 7.11. The second-order valence-electron chi connectivity index (χ2n) is 7.38. The zero-order chi connectivity index (χ0) is 21.5. The van der Waals surface area contributed by atoms with Gasteiger partial charge in [-0.25, -0.2) is 0 Å². The Hall–Kier alpha value is -1.98. The van der Waals surface area contributed by atoms with Crippen LogP contribution in [0.3, 0.4) is 0 Å². The molecule has 0 aliphatic heterocycles. The minimum absolute atomic E-state index is 0.253. The monoisotopic (exact) mass is 442 g/mol. The Morgan fingerprint density at radius 1 is 0.767 bits per heavy atom. The van der Waals surface area contributed by atoms with Gasteiger partial charge in [-0.1, -0.05) is 32.8 Å². The highest BCUT2D eigenvalue weighted by Gasteiger charge is 2.17. The van der Waals surface area contributed by atoms with E-state index in [-0.39, 0.29) is 11.5 Å². The Kier molecular flexibility index (Phi) is 8.23. The first-order chi connectivity index (χ1) is 14.5. The number of benzene rings is 2. The normalized spacial score (nSPS) is 11.2. The molecule has 0 spiro atoms. The first kappa shape index (κ1) is 22.7. The van der Waals surface area contributed by atoms with Crippen LogP contribution in [0.5, 0.6) is 11.5 Å². The lowest BCUT2D eigenvalue weighted by Crippen LogP contribution is -1.86. The van der Waals surface area contributed by atoms with Gasteiger partial charge in [0.25, 0.3) is 0 Å². The van der Waals surface area contributed by atoms with Gasteiger partial charge in [-0.2, -0.15) is 0 Å². The number of phenols is 2. The molecule has 0 fully saturated rings. The lowest BCUT2D eigenvalue weighted by Gasteiger charge is -2.10. The highest BCUT2D eigenvalue weighted by atomic mass is 32.2. The fourth-order valence-electron chi connectivity index (χ4n) is 3.16. The largest absolute Gasteiger partial charge is 0.506 e. The summed E-state index contributed by atoms with van der Waals surface area (Å²) >= 11 is 3.34. The number of thioether (sulfide) groups is 2. The van der Waals surface area contributed by atoms with Crippen LogP contribution >= 0.6 is 23.5 Å². The number of aryl methyl sites for hydroxylation is 1. The van der Waals surface area contributed by atoms with Gasteiger partial charge in [0.2, 0.25) is 0 Å². The van der Waals surface area contributed by atoms with Crippen LogP contribution in [-0.4, -0.2) is 21.7 Å². The van der Waals surface area contributed by atoms with Crippen molar-refractivity contribution in [3.05, 3.63) is 48.0 Å². The summed E-state index contributed by atoms with van der Waals surface area (Å²) < 4.78 is 6.10. The van der Waals surface area contributed by atoms with E-state index in [9.17, 15) is 10.2 Å². The van der Waals surface area contributed by atoms with E-state index in [1.807, 2.05) is 49.4 Å². The molecule has 3 aromatic rings. The molecule has 3 nitrogen and oxygen atoms in total. The lowest BCUT2D eigenvalue weighted by atomic mass is 10.1. The van der Waals surface area contributed by atoms with Gasteiger partial charge in [0.1, 0.15) is 23.0 Å². The second kappa shape index (κ2) is 10.9. The smallest absolute Gasteiger partial charge is 0.140 e. The molecule has 0 bridgehead atoms. The van der Waals surface area contributed by atoms with E-state index in [0.717, 1.165) is 52.5 Å². The number of para-hydroxylation sites is 1. The number of unbranched alkanes of at least 4 members (excludes halogenated alkanes) is 2. The molecule has 0 saturated heterocycles. The van der Waals surface area contributed by atoms with Gasteiger partial charge in [0.05, 0.1) is 16.0 Å². The Morgan fingerprint density at radius 3 is 2.03 bits per heavy atom. The van der Waals surface area contributed by atoms with Crippen molar-refractivity contribution in [1.82, 2.24) is 0 Å². The molecule has 160 valence electrons. The first-order valence-electron chi connectivity index (χ1n) is 10.6. The van der Waals surface area contributed by atoms with E-state index >= 15 is 0 Å². The second-order valence-corrected chi connectivity index (χ2v) is 9.65. The fourth-order valence-corrected chi connectivity index (χ4v) is 5.40. The van der Waals surface area contributed by atoms with Crippen molar-refractivity contribution < 1.29 is 14.6 Å². The summed E-state index contributed by atoms with van der Waals surface area (Å²) in [5, 5.41) is 21.6. The number of hydrogen-bond acceptors (Lipinski definition) is 5. The molecular formula is C25H30O3S2. The van der Waals surface area contributed by atoms with Gasteiger partial charge in [0.15, 0.2) is 0 Å². The average Bonchev–Trinajstić information content (AvgIpc) is 3.21. The van der Waals surface area contributed by atoms with Crippen molar-refractivity contribution in [2.24, 2.45) is 0 Å². The maximum absolute atomic E-state index is 10.8. The molecular weight excluding hydrogens is 412 g/mol.